The van der Waals surface area contributed by atoms with E-state index in [0.717, 1.165) is 58.2 Å². The standard InChI is InChI=1S/C31H36O5/c1-4-6-7-8-24-9-15-29(30(22-24)35-19-20-36-31(33)5-2)26-12-16-28(23(3)21-26)25-10-13-27(14-11-25)34-18-17-32/h5,9-16,21-22,32H,2,4,6-8,17-20H2,1,3H3. The fourth-order valence-corrected chi connectivity index (χ4v) is 4.06. The maximum Gasteiger partial charge on any atom is 0.330 e. The highest BCUT2D eigenvalue weighted by molar-refractivity contribution is 5.81. The third-order valence-corrected chi connectivity index (χ3v) is 5.93. The number of aryl methyl sites for hydroxylation is 2. The van der Waals surface area contributed by atoms with Gasteiger partial charge in [-0.2, -0.15) is 0 Å². The number of aliphatic hydroxyl groups is 1. The first-order valence-electron chi connectivity index (χ1n) is 12.6. The van der Waals surface area contributed by atoms with E-state index in [2.05, 4.69) is 56.8 Å². The summed E-state index contributed by atoms with van der Waals surface area (Å²) in [5, 5.41) is 8.94. The first kappa shape index (κ1) is 27.0. The van der Waals surface area contributed by atoms with E-state index in [0.29, 0.717) is 0 Å². The first-order chi connectivity index (χ1) is 17.5. The second-order valence-electron chi connectivity index (χ2n) is 8.63. The van der Waals surface area contributed by atoms with Crippen LogP contribution in [-0.2, 0) is 16.0 Å². The molecule has 0 aliphatic rings. The summed E-state index contributed by atoms with van der Waals surface area (Å²) in [7, 11) is 0. The van der Waals surface area contributed by atoms with Gasteiger partial charge in [0, 0.05) is 11.6 Å². The molecule has 0 fully saturated rings. The Hall–Kier alpha value is -3.57. The highest BCUT2D eigenvalue weighted by atomic mass is 16.6. The van der Waals surface area contributed by atoms with Gasteiger partial charge in [-0.1, -0.05) is 68.8 Å². The van der Waals surface area contributed by atoms with Crippen LogP contribution in [0, 0.1) is 6.92 Å². The molecule has 3 aromatic carbocycles. The van der Waals surface area contributed by atoms with Crippen molar-refractivity contribution in [3.63, 3.8) is 0 Å². The molecule has 5 heteroatoms. The van der Waals surface area contributed by atoms with Crippen LogP contribution >= 0.6 is 0 Å². The summed E-state index contributed by atoms with van der Waals surface area (Å²) >= 11 is 0. The fraction of sp³-hybridized carbons (Fsp3) is 0.323. The summed E-state index contributed by atoms with van der Waals surface area (Å²) in [6.07, 6.45) is 5.68. The summed E-state index contributed by atoms with van der Waals surface area (Å²) in [5.41, 5.74) is 6.70. The molecule has 0 heterocycles. The quantitative estimate of drug-likeness (QED) is 0.159. The predicted molar refractivity (Wildman–Crippen MR) is 145 cm³/mol. The largest absolute Gasteiger partial charge is 0.491 e. The molecule has 0 saturated heterocycles. The Morgan fingerprint density at radius 1 is 0.889 bits per heavy atom. The zero-order valence-corrected chi connectivity index (χ0v) is 21.3. The lowest BCUT2D eigenvalue weighted by molar-refractivity contribution is -0.138. The van der Waals surface area contributed by atoms with Crippen molar-refractivity contribution in [2.45, 2.75) is 39.5 Å². The lowest BCUT2D eigenvalue weighted by atomic mass is 9.94. The number of benzene rings is 3. The van der Waals surface area contributed by atoms with E-state index in [9.17, 15) is 4.79 Å². The van der Waals surface area contributed by atoms with Gasteiger partial charge in [-0.3, -0.25) is 0 Å². The van der Waals surface area contributed by atoms with Gasteiger partial charge in [0.25, 0.3) is 0 Å². The third-order valence-electron chi connectivity index (χ3n) is 5.93. The Bertz CT molecular complexity index is 1130. The van der Waals surface area contributed by atoms with Gasteiger partial charge < -0.3 is 19.3 Å². The fourth-order valence-electron chi connectivity index (χ4n) is 4.06. The molecule has 0 aliphatic heterocycles. The highest BCUT2D eigenvalue weighted by Crippen LogP contribution is 2.35. The number of esters is 1. The number of unbranched alkanes of at least 4 members (excludes halogenated alkanes) is 2. The minimum Gasteiger partial charge on any atom is -0.491 e. The molecule has 0 aliphatic carbocycles. The Balaban J connectivity index is 1.82. The summed E-state index contributed by atoms with van der Waals surface area (Å²) < 4.78 is 16.6. The SMILES string of the molecule is C=CC(=O)OCCOc1cc(CCCCC)ccc1-c1ccc(-c2ccc(OCCO)cc2)c(C)c1. The van der Waals surface area contributed by atoms with E-state index >= 15 is 0 Å². The maximum atomic E-state index is 11.4. The molecule has 1 N–H and O–H groups in total. The monoisotopic (exact) mass is 488 g/mol. The van der Waals surface area contributed by atoms with E-state index < -0.39 is 5.97 Å². The Labute approximate surface area is 214 Å². The molecule has 0 saturated carbocycles. The van der Waals surface area contributed by atoms with E-state index in [1.54, 1.807) is 0 Å². The van der Waals surface area contributed by atoms with Crippen LogP contribution < -0.4 is 9.47 Å². The van der Waals surface area contributed by atoms with Crippen molar-refractivity contribution >= 4 is 5.97 Å². The number of ether oxygens (including phenoxy) is 3. The number of hydrogen-bond acceptors (Lipinski definition) is 5. The van der Waals surface area contributed by atoms with E-state index in [-0.39, 0.29) is 26.4 Å². The van der Waals surface area contributed by atoms with Gasteiger partial charge in [-0.05, 0) is 65.8 Å². The molecule has 36 heavy (non-hydrogen) atoms. The second kappa shape index (κ2) is 14.1. The van der Waals surface area contributed by atoms with Crippen LogP contribution in [0.3, 0.4) is 0 Å². The topological polar surface area (TPSA) is 65.0 Å². The zero-order chi connectivity index (χ0) is 25.8. The van der Waals surface area contributed by atoms with Crippen molar-refractivity contribution in [2.75, 3.05) is 26.4 Å². The number of carbonyl (C=O) groups excluding carboxylic acids is 1. The summed E-state index contributed by atoms with van der Waals surface area (Å²) in [6.45, 7) is 8.44. The van der Waals surface area contributed by atoms with Gasteiger partial charge in [-0.25, -0.2) is 4.79 Å². The van der Waals surface area contributed by atoms with Gasteiger partial charge in [-0.15, -0.1) is 0 Å². The van der Waals surface area contributed by atoms with Gasteiger partial charge in [0.1, 0.15) is 31.3 Å². The summed E-state index contributed by atoms with van der Waals surface area (Å²) in [4.78, 5) is 11.4. The summed E-state index contributed by atoms with van der Waals surface area (Å²) in [6, 6.07) is 20.7. The van der Waals surface area contributed by atoms with E-state index in [1.807, 2.05) is 24.3 Å². The molecular weight excluding hydrogens is 452 g/mol. The number of carbonyl (C=O) groups is 1. The minimum atomic E-state index is -0.452. The normalized spacial score (nSPS) is 10.6. The molecule has 3 aromatic rings. The van der Waals surface area contributed by atoms with Crippen LogP contribution in [0.4, 0.5) is 0 Å². The lowest BCUT2D eigenvalue weighted by Crippen LogP contribution is -2.10. The smallest absolute Gasteiger partial charge is 0.330 e. The molecule has 0 spiro atoms. The maximum absolute atomic E-state index is 11.4. The van der Waals surface area contributed by atoms with Crippen molar-refractivity contribution in [3.05, 3.63) is 84.4 Å². The van der Waals surface area contributed by atoms with Crippen LogP contribution in [0.15, 0.2) is 73.3 Å². The van der Waals surface area contributed by atoms with Crippen LogP contribution in [0.25, 0.3) is 22.3 Å². The highest BCUT2D eigenvalue weighted by Gasteiger charge is 2.11. The molecule has 0 radical (unpaired) electrons. The van der Waals surface area contributed by atoms with Gasteiger partial charge in [0.15, 0.2) is 0 Å². The Morgan fingerprint density at radius 2 is 1.64 bits per heavy atom. The van der Waals surface area contributed by atoms with E-state index in [1.165, 1.54) is 18.4 Å². The number of rotatable bonds is 14. The van der Waals surface area contributed by atoms with E-state index in [4.69, 9.17) is 19.3 Å². The number of aliphatic hydroxyl groups excluding tert-OH is 1. The molecule has 3 rings (SSSR count). The van der Waals surface area contributed by atoms with Crippen molar-refractivity contribution in [3.8, 4) is 33.8 Å². The molecule has 0 aromatic heterocycles. The van der Waals surface area contributed by atoms with Crippen molar-refractivity contribution in [1.29, 1.82) is 0 Å². The molecule has 0 atom stereocenters. The van der Waals surface area contributed by atoms with Crippen LogP contribution in [0.2, 0.25) is 0 Å². The average molecular weight is 489 g/mol. The Kier molecular flexibility index (Phi) is 10.6. The van der Waals surface area contributed by atoms with Crippen LogP contribution in [0.5, 0.6) is 11.5 Å². The van der Waals surface area contributed by atoms with Crippen LogP contribution in [0.1, 0.15) is 37.3 Å². The van der Waals surface area contributed by atoms with Crippen molar-refractivity contribution < 1.29 is 24.1 Å². The van der Waals surface area contributed by atoms with Gasteiger partial charge in [0.05, 0.1) is 6.61 Å². The second-order valence-corrected chi connectivity index (χ2v) is 8.63. The molecule has 0 amide bonds. The molecule has 5 nitrogen and oxygen atoms in total. The first-order valence-corrected chi connectivity index (χ1v) is 12.6. The van der Waals surface area contributed by atoms with Gasteiger partial charge >= 0.3 is 5.97 Å². The summed E-state index contributed by atoms with van der Waals surface area (Å²) in [5.74, 6) is 1.07. The predicted octanol–water partition coefficient (Wildman–Crippen LogP) is 6.54. The molecule has 0 bridgehead atoms. The Morgan fingerprint density at radius 3 is 2.33 bits per heavy atom. The minimum absolute atomic E-state index is 0.00623. The zero-order valence-electron chi connectivity index (χ0n) is 21.3. The van der Waals surface area contributed by atoms with Crippen molar-refractivity contribution in [1.82, 2.24) is 0 Å². The van der Waals surface area contributed by atoms with Crippen molar-refractivity contribution in [2.24, 2.45) is 0 Å². The lowest BCUT2D eigenvalue weighted by Gasteiger charge is -2.16. The molecule has 0 unspecified atom stereocenters. The third kappa shape index (κ3) is 7.72. The average Bonchev–Trinajstić information content (AvgIpc) is 2.90. The number of hydrogen-bond donors (Lipinski definition) is 1. The van der Waals surface area contributed by atoms with Gasteiger partial charge in [0.2, 0.25) is 0 Å². The molecule has 190 valence electrons. The molecular formula is C31H36O5. The van der Waals surface area contributed by atoms with Crippen LogP contribution in [-0.4, -0.2) is 37.5 Å².